The van der Waals surface area contributed by atoms with Crippen LogP contribution in [0.2, 0.25) is 0 Å². The third kappa shape index (κ3) is 4.77. The first-order valence-corrected chi connectivity index (χ1v) is 12.0. The SMILES string of the molecule is CCOC(=O)C1=C(C)N=c2s/c(=C\c3cccc(F)c3)c(=O)n2[C@H]1c1ccc(OC)c(OCC)c1. The molecule has 35 heavy (non-hydrogen) atoms. The number of thiazole rings is 1. The third-order valence-corrected chi connectivity index (χ3v) is 6.45. The standard InChI is InChI=1S/C26H25FN2O5S/c1-5-33-20-14-17(10-11-19(20)32-4)23-22(25(31)34-6-2)15(3)28-26-29(23)24(30)21(35-26)13-16-8-7-9-18(27)12-16/h7-14,23H,5-6H2,1-4H3/b21-13-/t23-/m0/s1. The van der Waals surface area contributed by atoms with Gasteiger partial charge >= 0.3 is 5.97 Å². The van der Waals surface area contributed by atoms with Gasteiger partial charge in [0, 0.05) is 0 Å². The summed E-state index contributed by atoms with van der Waals surface area (Å²) in [6.45, 7) is 5.89. The van der Waals surface area contributed by atoms with Crippen LogP contribution in [0, 0.1) is 5.82 Å². The minimum absolute atomic E-state index is 0.180. The minimum atomic E-state index is -0.787. The first-order chi connectivity index (χ1) is 16.9. The average Bonchev–Trinajstić information content (AvgIpc) is 3.12. The van der Waals surface area contributed by atoms with E-state index in [9.17, 15) is 14.0 Å². The number of methoxy groups -OCH3 is 1. The summed E-state index contributed by atoms with van der Waals surface area (Å²) in [6, 6.07) is 10.5. The van der Waals surface area contributed by atoms with E-state index in [2.05, 4.69) is 4.99 Å². The highest BCUT2D eigenvalue weighted by Crippen LogP contribution is 2.36. The molecule has 4 rings (SSSR count). The summed E-state index contributed by atoms with van der Waals surface area (Å²) < 4.78 is 32.0. The predicted molar refractivity (Wildman–Crippen MR) is 131 cm³/mol. The van der Waals surface area contributed by atoms with Crippen LogP contribution in [-0.2, 0) is 9.53 Å². The maximum Gasteiger partial charge on any atom is 0.338 e. The molecule has 1 aromatic heterocycles. The van der Waals surface area contributed by atoms with Gasteiger partial charge in [-0.05, 0) is 62.2 Å². The van der Waals surface area contributed by atoms with E-state index >= 15 is 0 Å². The molecular formula is C26H25FN2O5S. The average molecular weight is 497 g/mol. The van der Waals surface area contributed by atoms with Crippen molar-refractivity contribution in [1.82, 2.24) is 4.57 Å². The van der Waals surface area contributed by atoms with Gasteiger partial charge in [0.05, 0.1) is 42.2 Å². The maximum absolute atomic E-state index is 13.7. The first kappa shape index (κ1) is 24.4. The van der Waals surface area contributed by atoms with E-state index in [4.69, 9.17) is 14.2 Å². The van der Waals surface area contributed by atoms with Crippen molar-refractivity contribution in [3.8, 4) is 11.5 Å². The van der Waals surface area contributed by atoms with Crippen molar-refractivity contribution in [2.45, 2.75) is 26.8 Å². The van der Waals surface area contributed by atoms with Crippen molar-refractivity contribution in [2.75, 3.05) is 20.3 Å². The number of fused-ring (bicyclic) bond motifs is 1. The zero-order chi connectivity index (χ0) is 25.1. The number of halogens is 1. The Kier molecular flexibility index (Phi) is 7.16. The van der Waals surface area contributed by atoms with Crippen molar-refractivity contribution >= 4 is 23.4 Å². The zero-order valence-electron chi connectivity index (χ0n) is 19.8. The summed E-state index contributed by atoms with van der Waals surface area (Å²) in [6.07, 6.45) is 1.62. The van der Waals surface area contributed by atoms with E-state index in [0.29, 0.717) is 44.3 Å². The van der Waals surface area contributed by atoms with E-state index in [1.165, 1.54) is 28.0 Å². The third-order valence-electron chi connectivity index (χ3n) is 5.47. The van der Waals surface area contributed by atoms with Gasteiger partial charge in [0.2, 0.25) is 0 Å². The van der Waals surface area contributed by atoms with Gasteiger partial charge in [0.1, 0.15) is 5.82 Å². The number of rotatable bonds is 7. The minimum Gasteiger partial charge on any atom is -0.493 e. The summed E-state index contributed by atoms with van der Waals surface area (Å²) in [5.74, 6) is 0.0817. The molecule has 0 radical (unpaired) electrons. The zero-order valence-corrected chi connectivity index (χ0v) is 20.6. The fourth-order valence-corrected chi connectivity index (χ4v) is 5.03. The first-order valence-electron chi connectivity index (χ1n) is 11.1. The molecule has 2 aromatic carbocycles. The molecule has 0 fully saturated rings. The fraction of sp³-hybridized carbons (Fsp3) is 0.269. The van der Waals surface area contributed by atoms with Crippen LogP contribution in [0.15, 0.2) is 63.5 Å². The molecule has 0 unspecified atom stereocenters. The smallest absolute Gasteiger partial charge is 0.338 e. The number of hydrogen-bond donors (Lipinski definition) is 0. The van der Waals surface area contributed by atoms with Gasteiger partial charge in [-0.15, -0.1) is 0 Å². The molecule has 1 aliphatic heterocycles. The second kappa shape index (κ2) is 10.3. The Hall–Kier alpha value is -3.72. The molecule has 0 amide bonds. The number of aromatic nitrogens is 1. The maximum atomic E-state index is 13.7. The lowest BCUT2D eigenvalue weighted by molar-refractivity contribution is -0.139. The number of carbonyl (C=O) groups excluding carboxylic acids is 1. The predicted octanol–water partition coefficient (Wildman–Crippen LogP) is 3.34. The molecule has 7 nitrogen and oxygen atoms in total. The molecule has 0 N–H and O–H groups in total. The highest BCUT2D eigenvalue weighted by Gasteiger charge is 2.33. The van der Waals surface area contributed by atoms with Crippen molar-refractivity contribution in [3.05, 3.63) is 90.4 Å². The number of hydrogen-bond acceptors (Lipinski definition) is 7. The molecule has 0 aliphatic carbocycles. The molecular weight excluding hydrogens is 471 g/mol. The van der Waals surface area contributed by atoms with Gasteiger partial charge in [-0.3, -0.25) is 9.36 Å². The highest BCUT2D eigenvalue weighted by atomic mass is 32.1. The van der Waals surface area contributed by atoms with Crippen molar-refractivity contribution in [2.24, 2.45) is 4.99 Å². The van der Waals surface area contributed by atoms with Crippen molar-refractivity contribution in [3.63, 3.8) is 0 Å². The van der Waals surface area contributed by atoms with E-state index in [1.54, 1.807) is 57.4 Å². The fourth-order valence-electron chi connectivity index (χ4n) is 3.99. The van der Waals surface area contributed by atoms with E-state index < -0.39 is 17.8 Å². The number of benzene rings is 2. The summed E-state index contributed by atoms with van der Waals surface area (Å²) in [5, 5.41) is 0. The summed E-state index contributed by atoms with van der Waals surface area (Å²) in [5.41, 5.74) is 1.58. The Balaban J connectivity index is 1.97. The number of allylic oxidation sites excluding steroid dienone is 1. The van der Waals surface area contributed by atoms with Gasteiger partial charge in [0.25, 0.3) is 5.56 Å². The lowest BCUT2D eigenvalue weighted by atomic mass is 9.95. The summed E-state index contributed by atoms with van der Waals surface area (Å²) >= 11 is 1.18. The van der Waals surface area contributed by atoms with Gasteiger partial charge in [-0.1, -0.05) is 29.5 Å². The van der Waals surface area contributed by atoms with Gasteiger partial charge < -0.3 is 14.2 Å². The lowest BCUT2D eigenvalue weighted by Gasteiger charge is -2.25. The lowest BCUT2D eigenvalue weighted by Crippen LogP contribution is -2.40. The number of ether oxygens (including phenoxy) is 3. The molecule has 0 saturated carbocycles. The van der Waals surface area contributed by atoms with E-state index in [0.717, 1.165) is 0 Å². The normalized spacial score (nSPS) is 15.5. The molecule has 1 aliphatic rings. The molecule has 0 bridgehead atoms. The second-order valence-electron chi connectivity index (χ2n) is 7.70. The monoisotopic (exact) mass is 496 g/mol. The van der Waals surface area contributed by atoms with Crippen molar-refractivity contribution in [1.29, 1.82) is 0 Å². The van der Waals surface area contributed by atoms with Gasteiger partial charge in [-0.25, -0.2) is 14.2 Å². The number of carbonyl (C=O) groups is 1. The van der Waals surface area contributed by atoms with Crippen molar-refractivity contribution < 1.29 is 23.4 Å². The van der Waals surface area contributed by atoms with Crippen LogP contribution in [0.1, 0.15) is 37.9 Å². The molecule has 1 atom stereocenters. The van der Waals surface area contributed by atoms with Crippen LogP contribution in [0.3, 0.4) is 0 Å². The van der Waals surface area contributed by atoms with Crippen LogP contribution in [0.5, 0.6) is 11.5 Å². The summed E-state index contributed by atoms with van der Waals surface area (Å²) in [7, 11) is 1.54. The van der Waals surface area contributed by atoms with Crippen LogP contribution >= 0.6 is 11.3 Å². The molecule has 3 aromatic rings. The van der Waals surface area contributed by atoms with Crippen LogP contribution in [-0.4, -0.2) is 30.9 Å². The van der Waals surface area contributed by atoms with Crippen LogP contribution in [0.25, 0.3) is 6.08 Å². The Morgan fingerprint density at radius 3 is 2.66 bits per heavy atom. The molecule has 0 saturated heterocycles. The number of nitrogens with zero attached hydrogens (tertiary/aromatic N) is 2. The van der Waals surface area contributed by atoms with E-state index in [1.807, 2.05) is 6.92 Å². The largest absolute Gasteiger partial charge is 0.493 e. The Bertz CT molecular complexity index is 1490. The molecule has 182 valence electrons. The topological polar surface area (TPSA) is 79.1 Å². The van der Waals surface area contributed by atoms with E-state index in [-0.39, 0.29) is 17.7 Å². The number of esters is 1. The Morgan fingerprint density at radius 1 is 1.17 bits per heavy atom. The van der Waals surface area contributed by atoms with Gasteiger partial charge in [-0.2, -0.15) is 0 Å². The highest BCUT2D eigenvalue weighted by molar-refractivity contribution is 7.07. The Morgan fingerprint density at radius 2 is 1.97 bits per heavy atom. The molecule has 2 heterocycles. The molecule has 9 heteroatoms. The van der Waals surface area contributed by atoms with Crippen LogP contribution in [0.4, 0.5) is 4.39 Å². The second-order valence-corrected chi connectivity index (χ2v) is 8.71. The Labute approximate surface area is 205 Å². The summed E-state index contributed by atoms with van der Waals surface area (Å²) in [4.78, 5) is 31.6. The van der Waals surface area contributed by atoms with Crippen LogP contribution < -0.4 is 24.4 Å². The quantitative estimate of drug-likeness (QED) is 0.469. The molecule has 0 spiro atoms. The van der Waals surface area contributed by atoms with Gasteiger partial charge in [0.15, 0.2) is 16.3 Å².